The van der Waals surface area contributed by atoms with E-state index < -0.39 is 0 Å². The SMILES string of the molecule is CC(C)(C)OC(=S=O)c1ccccc1. The van der Waals surface area contributed by atoms with Crippen LogP contribution in [0, 0.1) is 0 Å². The summed E-state index contributed by atoms with van der Waals surface area (Å²) >= 11 is 0.394. The van der Waals surface area contributed by atoms with E-state index in [-0.39, 0.29) is 5.60 Å². The highest BCUT2D eigenvalue weighted by Gasteiger charge is 2.15. The second kappa shape index (κ2) is 4.53. The molecule has 0 radical (unpaired) electrons. The number of rotatable bonds is 1. The highest BCUT2D eigenvalue weighted by molar-refractivity contribution is 7.66. The molecule has 0 saturated carbocycles. The predicted molar refractivity (Wildman–Crippen MR) is 59.5 cm³/mol. The molecule has 0 N–H and O–H groups in total. The van der Waals surface area contributed by atoms with Crippen molar-refractivity contribution in [2.45, 2.75) is 26.4 Å². The van der Waals surface area contributed by atoms with E-state index in [1.807, 2.05) is 51.1 Å². The minimum Gasteiger partial charge on any atom is -0.327 e. The van der Waals surface area contributed by atoms with E-state index in [0.717, 1.165) is 5.56 Å². The highest BCUT2D eigenvalue weighted by Crippen LogP contribution is 2.11. The Balaban J connectivity index is 2.91. The number of hydrogen-bond donors (Lipinski definition) is 0. The van der Waals surface area contributed by atoms with Crippen molar-refractivity contribution in [3.8, 4) is 0 Å². The van der Waals surface area contributed by atoms with Crippen LogP contribution in [0.15, 0.2) is 30.3 Å². The normalized spacial score (nSPS) is 11.1. The Kier molecular flexibility index (Phi) is 3.61. The summed E-state index contributed by atoms with van der Waals surface area (Å²) in [6.45, 7) is 5.77. The van der Waals surface area contributed by atoms with E-state index in [9.17, 15) is 4.21 Å². The van der Waals surface area contributed by atoms with Crippen molar-refractivity contribution < 1.29 is 8.95 Å². The van der Waals surface area contributed by atoms with E-state index in [1.165, 1.54) is 0 Å². The summed E-state index contributed by atoms with van der Waals surface area (Å²) in [4.78, 5) is 0. The number of ether oxygens (including phenoxy) is 1. The molecule has 2 nitrogen and oxygen atoms in total. The van der Waals surface area contributed by atoms with Crippen LogP contribution in [0.3, 0.4) is 0 Å². The fourth-order valence-corrected chi connectivity index (χ4v) is 1.49. The van der Waals surface area contributed by atoms with E-state index in [1.54, 1.807) is 0 Å². The van der Waals surface area contributed by atoms with Crippen molar-refractivity contribution in [2.24, 2.45) is 0 Å². The standard InChI is InChI=1S/C11H14O2S/c1-11(2,3)13-10(14-12)9-7-5-4-6-8-9/h4-8H,1-3H3. The topological polar surface area (TPSA) is 26.3 Å². The van der Waals surface area contributed by atoms with Gasteiger partial charge in [0, 0.05) is 5.56 Å². The molecule has 0 spiro atoms. The summed E-state index contributed by atoms with van der Waals surface area (Å²) in [6.07, 6.45) is 0. The van der Waals surface area contributed by atoms with E-state index >= 15 is 0 Å². The first kappa shape index (κ1) is 11.1. The van der Waals surface area contributed by atoms with Gasteiger partial charge in [-0.25, -0.2) is 4.21 Å². The summed E-state index contributed by atoms with van der Waals surface area (Å²) in [5, 5.41) is 0.429. The molecule has 14 heavy (non-hydrogen) atoms. The van der Waals surface area contributed by atoms with Crippen molar-refractivity contribution in [1.82, 2.24) is 0 Å². The third-order valence-electron chi connectivity index (χ3n) is 1.48. The summed E-state index contributed by atoms with van der Waals surface area (Å²) in [6, 6.07) is 9.42. The second-order valence-corrected chi connectivity index (χ2v) is 4.49. The molecule has 0 saturated heterocycles. The number of benzene rings is 1. The molecule has 0 aliphatic carbocycles. The molecule has 0 heterocycles. The monoisotopic (exact) mass is 210 g/mol. The van der Waals surface area contributed by atoms with Gasteiger partial charge in [-0.3, -0.25) is 0 Å². The van der Waals surface area contributed by atoms with Crippen LogP contribution in [-0.2, 0) is 16.0 Å². The van der Waals surface area contributed by atoms with E-state index in [4.69, 9.17) is 4.74 Å². The highest BCUT2D eigenvalue weighted by atomic mass is 32.1. The Morgan fingerprint density at radius 3 is 2.21 bits per heavy atom. The molecule has 3 heteroatoms. The van der Waals surface area contributed by atoms with Crippen molar-refractivity contribution in [3.05, 3.63) is 35.9 Å². The van der Waals surface area contributed by atoms with Gasteiger partial charge in [0.15, 0.2) is 5.05 Å². The predicted octanol–water partition coefficient (Wildman–Crippen LogP) is 2.19. The van der Waals surface area contributed by atoms with Crippen LogP contribution in [0.5, 0.6) is 0 Å². The Morgan fingerprint density at radius 2 is 1.79 bits per heavy atom. The first-order valence-electron chi connectivity index (χ1n) is 4.44. The maximum Gasteiger partial charge on any atom is 0.177 e. The average molecular weight is 210 g/mol. The lowest BCUT2D eigenvalue weighted by Gasteiger charge is -2.19. The molecule has 1 rings (SSSR count). The average Bonchev–Trinajstić information content (AvgIpc) is 2.14. The fourth-order valence-electron chi connectivity index (χ4n) is 0.976. The van der Waals surface area contributed by atoms with Gasteiger partial charge in [0.1, 0.15) is 11.3 Å². The zero-order chi connectivity index (χ0) is 10.6. The maximum atomic E-state index is 10.9. The van der Waals surface area contributed by atoms with Gasteiger partial charge in [-0.15, -0.1) is 0 Å². The molecular formula is C11H14O2S. The lowest BCUT2D eigenvalue weighted by Crippen LogP contribution is -2.24. The Labute approximate surface area is 88.0 Å². The van der Waals surface area contributed by atoms with Crippen LogP contribution in [0.1, 0.15) is 26.3 Å². The van der Waals surface area contributed by atoms with Gasteiger partial charge in [-0.1, -0.05) is 30.3 Å². The molecular weight excluding hydrogens is 196 g/mol. The molecule has 0 amide bonds. The van der Waals surface area contributed by atoms with E-state index in [0.29, 0.717) is 16.3 Å². The Hall–Kier alpha value is -0.930. The third kappa shape index (κ3) is 3.44. The maximum absolute atomic E-state index is 10.9. The van der Waals surface area contributed by atoms with Crippen molar-refractivity contribution >= 4 is 16.3 Å². The van der Waals surface area contributed by atoms with Crippen molar-refractivity contribution in [2.75, 3.05) is 0 Å². The molecule has 0 bridgehead atoms. The van der Waals surface area contributed by atoms with Crippen molar-refractivity contribution in [1.29, 1.82) is 0 Å². The molecule has 0 aromatic heterocycles. The molecule has 0 unspecified atom stereocenters. The first-order valence-corrected chi connectivity index (χ1v) is 5.18. The first-order chi connectivity index (χ1) is 6.53. The largest absolute Gasteiger partial charge is 0.327 e. The quantitative estimate of drug-likeness (QED) is 0.664. The van der Waals surface area contributed by atoms with Gasteiger partial charge in [0.25, 0.3) is 0 Å². The summed E-state index contributed by atoms with van der Waals surface area (Å²) in [7, 11) is 0. The lowest BCUT2D eigenvalue weighted by atomic mass is 10.2. The molecule has 0 aliphatic heterocycles. The van der Waals surface area contributed by atoms with Crippen molar-refractivity contribution in [3.63, 3.8) is 0 Å². The molecule has 0 aliphatic rings. The zero-order valence-electron chi connectivity index (χ0n) is 8.61. The molecule has 0 fully saturated rings. The minimum absolute atomic E-state index is 0.331. The minimum atomic E-state index is -0.331. The molecule has 1 aromatic rings. The Bertz CT molecular complexity index is 345. The number of hydrogen-bond acceptors (Lipinski definition) is 2. The van der Waals surface area contributed by atoms with Crippen LogP contribution in [0.4, 0.5) is 0 Å². The van der Waals surface area contributed by atoms with E-state index in [2.05, 4.69) is 0 Å². The zero-order valence-corrected chi connectivity index (χ0v) is 9.43. The van der Waals surface area contributed by atoms with Crippen LogP contribution in [-0.4, -0.2) is 14.9 Å². The van der Waals surface area contributed by atoms with Gasteiger partial charge in [0.05, 0.1) is 5.60 Å². The van der Waals surface area contributed by atoms with Crippen LogP contribution in [0.2, 0.25) is 0 Å². The van der Waals surface area contributed by atoms with Gasteiger partial charge >= 0.3 is 0 Å². The lowest BCUT2D eigenvalue weighted by molar-refractivity contribution is 0.122. The Morgan fingerprint density at radius 1 is 1.21 bits per heavy atom. The van der Waals surface area contributed by atoms with Gasteiger partial charge in [-0.2, -0.15) is 0 Å². The van der Waals surface area contributed by atoms with Crippen LogP contribution >= 0.6 is 0 Å². The molecule has 1 aromatic carbocycles. The summed E-state index contributed by atoms with van der Waals surface area (Å²) in [5.41, 5.74) is 0.505. The van der Waals surface area contributed by atoms with Gasteiger partial charge in [0.2, 0.25) is 0 Å². The fraction of sp³-hybridized carbons (Fsp3) is 0.364. The summed E-state index contributed by atoms with van der Waals surface area (Å²) < 4.78 is 16.4. The summed E-state index contributed by atoms with van der Waals surface area (Å²) in [5.74, 6) is 0. The van der Waals surface area contributed by atoms with Crippen LogP contribution in [0.25, 0.3) is 0 Å². The van der Waals surface area contributed by atoms with Gasteiger partial charge in [-0.05, 0) is 20.8 Å². The molecule has 76 valence electrons. The van der Waals surface area contributed by atoms with Gasteiger partial charge < -0.3 is 4.74 Å². The second-order valence-electron chi connectivity index (χ2n) is 3.95. The third-order valence-corrected chi connectivity index (χ3v) is 1.95. The smallest absolute Gasteiger partial charge is 0.177 e. The van der Waals surface area contributed by atoms with Crippen LogP contribution < -0.4 is 0 Å². The molecule has 0 atom stereocenters.